The quantitative estimate of drug-likeness (QED) is 0.805. The van der Waals surface area contributed by atoms with Crippen LogP contribution in [0.1, 0.15) is 38.2 Å². The van der Waals surface area contributed by atoms with Gasteiger partial charge in [0.1, 0.15) is 0 Å². The Morgan fingerprint density at radius 3 is 2.43 bits per heavy atom. The standard InChI is InChI=1S/C15H17ClF3NO/c1-9-2-4-10(5-3-9)14(21)20-13-8-11(15(17,18)19)6-7-12(13)16/h6-10H,2-5H2,1H3,(H,20,21). The number of halogens is 4. The molecule has 0 aromatic heterocycles. The highest BCUT2D eigenvalue weighted by molar-refractivity contribution is 6.33. The van der Waals surface area contributed by atoms with E-state index in [0.29, 0.717) is 5.92 Å². The van der Waals surface area contributed by atoms with E-state index in [9.17, 15) is 18.0 Å². The maximum absolute atomic E-state index is 12.7. The van der Waals surface area contributed by atoms with Gasteiger partial charge in [-0.1, -0.05) is 18.5 Å². The average molecular weight is 320 g/mol. The summed E-state index contributed by atoms with van der Waals surface area (Å²) in [6.07, 6.45) is -0.986. The maximum Gasteiger partial charge on any atom is 0.416 e. The van der Waals surface area contributed by atoms with Crippen molar-refractivity contribution in [2.24, 2.45) is 11.8 Å². The van der Waals surface area contributed by atoms with Crippen LogP contribution in [0.2, 0.25) is 5.02 Å². The normalized spacial score (nSPS) is 22.9. The number of carbonyl (C=O) groups excluding carboxylic acids is 1. The van der Waals surface area contributed by atoms with Crippen molar-refractivity contribution < 1.29 is 18.0 Å². The van der Waals surface area contributed by atoms with Crippen LogP contribution in [-0.4, -0.2) is 5.91 Å². The molecule has 0 unspecified atom stereocenters. The molecule has 116 valence electrons. The molecule has 1 aliphatic carbocycles. The van der Waals surface area contributed by atoms with Crippen molar-refractivity contribution in [2.75, 3.05) is 5.32 Å². The van der Waals surface area contributed by atoms with Crippen molar-refractivity contribution in [1.29, 1.82) is 0 Å². The highest BCUT2D eigenvalue weighted by atomic mass is 35.5. The molecule has 0 aliphatic heterocycles. The van der Waals surface area contributed by atoms with Gasteiger partial charge in [-0.2, -0.15) is 13.2 Å². The number of anilines is 1. The Bertz CT molecular complexity index is 522. The maximum atomic E-state index is 12.7. The second kappa shape index (κ2) is 6.26. The molecule has 0 bridgehead atoms. The summed E-state index contributed by atoms with van der Waals surface area (Å²) < 4.78 is 38.0. The van der Waals surface area contributed by atoms with E-state index in [0.717, 1.165) is 43.9 Å². The Morgan fingerprint density at radius 1 is 1.24 bits per heavy atom. The third kappa shape index (κ3) is 4.13. The molecule has 0 spiro atoms. The second-order valence-corrected chi connectivity index (χ2v) is 6.05. The van der Waals surface area contributed by atoms with Crippen LogP contribution in [0.15, 0.2) is 18.2 Å². The van der Waals surface area contributed by atoms with E-state index < -0.39 is 11.7 Å². The fraction of sp³-hybridized carbons (Fsp3) is 0.533. The first kappa shape index (κ1) is 16.1. The Kier molecular flexibility index (Phi) is 4.81. The lowest BCUT2D eigenvalue weighted by Crippen LogP contribution is -2.26. The highest BCUT2D eigenvalue weighted by Gasteiger charge is 2.31. The lowest BCUT2D eigenvalue weighted by Gasteiger charge is -2.25. The number of hydrogen-bond acceptors (Lipinski definition) is 1. The summed E-state index contributed by atoms with van der Waals surface area (Å²) in [5.41, 5.74) is -0.797. The molecular weight excluding hydrogens is 303 g/mol. The van der Waals surface area contributed by atoms with E-state index in [1.165, 1.54) is 0 Å². The molecule has 1 amide bonds. The number of nitrogens with one attached hydrogen (secondary N) is 1. The molecule has 1 saturated carbocycles. The van der Waals surface area contributed by atoms with E-state index in [4.69, 9.17) is 11.6 Å². The van der Waals surface area contributed by atoms with Crippen molar-refractivity contribution in [3.8, 4) is 0 Å². The smallest absolute Gasteiger partial charge is 0.325 e. The number of hydrogen-bond donors (Lipinski definition) is 1. The van der Waals surface area contributed by atoms with Gasteiger partial charge in [-0.3, -0.25) is 4.79 Å². The summed E-state index contributed by atoms with van der Waals surface area (Å²) in [4.78, 5) is 12.1. The van der Waals surface area contributed by atoms with Gasteiger partial charge >= 0.3 is 6.18 Å². The van der Waals surface area contributed by atoms with Gasteiger partial charge in [0.05, 0.1) is 16.3 Å². The Hall–Kier alpha value is -1.23. The van der Waals surface area contributed by atoms with Gasteiger partial charge in [0.15, 0.2) is 0 Å². The van der Waals surface area contributed by atoms with Crippen molar-refractivity contribution in [3.63, 3.8) is 0 Å². The van der Waals surface area contributed by atoms with Crippen LogP contribution in [0, 0.1) is 11.8 Å². The lowest BCUT2D eigenvalue weighted by molar-refractivity contribution is -0.137. The molecule has 2 rings (SSSR count). The van der Waals surface area contributed by atoms with Gasteiger partial charge in [0.25, 0.3) is 0 Å². The molecule has 1 fully saturated rings. The van der Waals surface area contributed by atoms with Crippen molar-refractivity contribution >= 4 is 23.2 Å². The van der Waals surface area contributed by atoms with Crippen LogP contribution in [0.3, 0.4) is 0 Å². The molecule has 0 saturated heterocycles. The average Bonchev–Trinajstić information content (AvgIpc) is 2.40. The zero-order chi connectivity index (χ0) is 15.6. The number of carbonyl (C=O) groups is 1. The van der Waals surface area contributed by atoms with Gasteiger partial charge < -0.3 is 5.32 Å². The lowest BCUT2D eigenvalue weighted by atomic mass is 9.82. The number of benzene rings is 1. The summed E-state index contributed by atoms with van der Waals surface area (Å²) >= 11 is 5.87. The topological polar surface area (TPSA) is 29.1 Å². The first-order chi connectivity index (χ1) is 9.77. The Balaban J connectivity index is 2.10. The SMILES string of the molecule is CC1CCC(C(=O)Nc2cc(C(F)(F)F)ccc2Cl)CC1. The van der Waals surface area contributed by atoms with E-state index in [1.54, 1.807) is 0 Å². The first-order valence-corrected chi connectivity index (χ1v) is 7.33. The molecule has 0 atom stereocenters. The van der Waals surface area contributed by atoms with Crippen molar-refractivity contribution in [1.82, 2.24) is 0 Å². The molecule has 0 radical (unpaired) electrons. The molecule has 1 aromatic carbocycles. The minimum Gasteiger partial charge on any atom is -0.325 e. The van der Waals surface area contributed by atoms with Crippen LogP contribution in [-0.2, 0) is 11.0 Å². The van der Waals surface area contributed by atoms with Gasteiger partial charge in [-0.05, 0) is 49.8 Å². The molecular formula is C15H17ClF3NO. The van der Waals surface area contributed by atoms with Gasteiger partial charge in [0.2, 0.25) is 5.91 Å². The number of alkyl halides is 3. The molecule has 1 aromatic rings. The number of rotatable bonds is 2. The molecule has 0 heterocycles. The van der Waals surface area contributed by atoms with E-state index in [1.807, 2.05) is 0 Å². The summed E-state index contributed by atoms with van der Waals surface area (Å²) in [6.45, 7) is 2.14. The fourth-order valence-corrected chi connectivity index (χ4v) is 2.72. The third-order valence-electron chi connectivity index (χ3n) is 3.94. The van der Waals surface area contributed by atoms with E-state index in [2.05, 4.69) is 12.2 Å². The monoisotopic (exact) mass is 319 g/mol. The van der Waals surface area contributed by atoms with Crippen LogP contribution in [0.5, 0.6) is 0 Å². The predicted octanol–water partition coefficient (Wildman–Crippen LogP) is 5.12. The van der Waals surface area contributed by atoms with Gasteiger partial charge in [-0.15, -0.1) is 0 Å². The molecule has 6 heteroatoms. The largest absolute Gasteiger partial charge is 0.416 e. The van der Waals surface area contributed by atoms with Crippen LogP contribution < -0.4 is 5.32 Å². The molecule has 1 aliphatic rings. The minimum absolute atomic E-state index is 0.0233. The predicted molar refractivity (Wildman–Crippen MR) is 76.2 cm³/mol. The third-order valence-corrected chi connectivity index (χ3v) is 4.27. The first-order valence-electron chi connectivity index (χ1n) is 6.95. The number of amides is 1. The summed E-state index contributed by atoms with van der Waals surface area (Å²) in [5, 5.41) is 2.65. The van der Waals surface area contributed by atoms with Crippen molar-refractivity contribution in [2.45, 2.75) is 38.8 Å². The van der Waals surface area contributed by atoms with Crippen LogP contribution >= 0.6 is 11.6 Å². The summed E-state index contributed by atoms with van der Waals surface area (Å²) in [5.74, 6) is 0.209. The molecule has 2 nitrogen and oxygen atoms in total. The Labute approximate surface area is 126 Å². The van der Waals surface area contributed by atoms with Gasteiger partial charge in [0, 0.05) is 5.92 Å². The fourth-order valence-electron chi connectivity index (χ4n) is 2.55. The van der Waals surface area contributed by atoms with E-state index in [-0.39, 0.29) is 22.5 Å². The zero-order valence-electron chi connectivity index (χ0n) is 11.6. The zero-order valence-corrected chi connectivity index (χ0v) is 12.4. The van der Waals surface area contributed by atoms with Crippen LogP contribution in [0.25, 0.3) is 0 Å². The summed E-state index contributed by atoms with van der Waals surface area (Å²) in [7, 11) is 0. The van der Waals surface area contributed by atoms with Crippen LogP contribution in [0.4, 0.5) is 18.9 Å². The molecule has 21 heavy (non-hydrogen) atoms. The molecule has 1 N–H and O–H groups in total. The highest BCUT2D eigenvalue weighted by Crippen LogP contribution is 2.35. The van der Waals surface area contributed by atoms with Gasteiger partial charge in [-0.25, -0.2) is 0 Å². The van der Waals surface area contributed by atoms with E-state index >= 15 is 0 Å². The minimum atomic E-state index is -4.45. The van der Waals surface area contributed by atoms with Crippen molar-refractivity contribution in [3.05, 3.63) is 28.8 Å². The summed E-state index contributed by atoms with van der Waals surface area (Å²) in [6, 6.07) is 2.94. The second-order valence-electron chi connectivity index (χ2n) is 5.64. The Morgan fingerprint density at radius 2 is 1.86 bits per heavy atom.